The molecule has 1 N–H and O–H groups in total. The second kappa shape index (κ2) is 10.7. The summed E-state index contributed by atoms with van der Waals surface area (Å²) in [5, 5.41) is 2.86. The summed E-state index contributed by atoms with van der Waals surface area (Å²) in [6, 6.07) is 14.5. The van der Waals surface area contributed by atoms with Gasteiger partial charge < -0.3 is 19.9 Å². The lowest BCUT2D eigenvalue weighted by atomic mass is 10.1. The molecule has 1 amide bonds. The van der Waals surface area contributed by atoms with Crippen LogP contribution < -0.4 is 19.9 Å². The van der Waals surface area contributed by atoms with Gasteiger partial charge in [-0.25, -0.2) is 9.37 Å². The van der Waals surface area contributed by atoms with E-state index in [1.54, 1.807) is 35.6 Å². The lowest BCUT2D eigenvalue weighted by Gasteiger charge is -2.42. The molecule has 1 saturated heterocycles. The summed E-state index contributed by atoms with van der Waals surface area (Å²) in [5.74, 6) is -0.951. The number of hydrogen-bond donors (Lipinski definition) is 1. The van der Waals surface area contributed by atoms with Gasteiger partial charge in [0, 0.05) is 44.1 Å². The molecule has 0 saturated carbocycles. The van der Waals surface area contributed by atoms with Crippen molar-refractivity contribution >= 4 is 22.9 Å². The molecule has 0 radical (unpaired) electrons. The van der Waals surface area contributed by atoms with Gasteiger partial charge >= 0.3 is 6.36 Å². The predicted octanol–water partition coefficient (Wildman–Crippen LogP) is 5.63. The minimum atomic E-state index is -4.74. The standard InChI is InChI=1S/C29H29F4N5O2/c1-18-10-11-38-26(14-18)35-20(3)27(38)28(39)34-16-21-4-9-25(24(30)15-21)36-12-13-37(19(2)17-36)22-5-7-23(8-6-22)40-29(31,32)33/h4-11,14-15,19H,12-13,16-17H2,1-3H3,(H,34,39)/t19-/m1/s1. The molecular formula is C29H29F4N5O2. The van der Waals surface area contributed by atoms with Crippen molar-refractivity contribution in [3.8, 4) is 5.75 Å². The number of imidazole rings is 1. The number of rotatable bonds is 6. The van der Waals surface area contributed by atoms with E-state index in [0.717, 1.165) is 11.3 Å². The number of pyridine rings is 1. The molecule has 5 rings (SSSR count). The second-order valence-corrected chi connectivity index (χ2v) is 9.98. The predicted molar refractivity (Wildman–Crippen MR) is 144 cm³/mol. The molecule has 1 aliphatic heterocycles. The number of nitrogens with zero attached hydrogens (tertiary/aromatic N) is 4. The average molecular weight is 556 g/mol. The highest BCUT2D eigenvalue weighted by molar-refractivity contribution is 5.94. The number of amides is 1. The Labute approximate surface area is 229 Å². The molecule has 1 fully saturated rings. The molecule has 0 spiro atoms. The zero-order valence-electron chi connectivity index (χ0n) is 22.3. The monoisotopic (exact) mass is 555 g/mol. The van der Waals surface area contributed by atoms with Crippen molar-refractivity contribution in [3.05, 3.63) is 89.1 Å². The highest BCUT2D eigenvalue weighted by Crippen LogP contribution is 2.29. The van der Waals surface area contributed by atoms with Crippen LogP contribution in [0.1, 0.15) is 34.2 Å². The number of halogens is 4. The van der Waals surface area contributed by atoms with Gasteiger partial charge in [0.15, 0.2) is 0 Å². The van der Waals surface area contributed by atoms with Crippen molar-refractivity contribution in [3.63, 3.8) is 0 Å². The summed E-state index contributed by atoms with van der Waals surface area (Å²) in [6.07, 6.45) is -2.93. The largest absolute Gasteiger partial charge is 0.573 e. The maximum atomic E-state index is 15.2. The van der Waals surface area contributed by atoms with E-state index in [-0.39, 0.29) is 30.1 Å². The van der Waals surface area contributed by atoms with E-state index in [1.165, 1.54) is 18.2 Å². The van der Waals surface area contributed by atoms with Gasteiger partial charge in [-0.3, -0.25) is 9.20 Å². The number of benzene rings is 2. The van der Waals surface area contributed by atoms with Crippen LogP contribution in [0.4, 0.5) is 28.9 Å². The number of aryl methyl sites for hydroxylation is 2. The summed E-state index contributed by atoms with van der Waals surface area (Å²) in [7, 11) is 0. The summed E-state index contributed by atoms with van der Waals surface area (Å²) >= 11 is 0. The topological polar surface area (TPSA) is 62.1 Å². The molecule has 0 aliphatic carbocycles. The lowest BCUT2D eigenvalue weighted by molar-refractivity contribution is -0.274. The highest BCUT2D eigenvalue weighted by atomic mass is 19.4. The molecule has 1 atom stereocenters. The van der Waals surface area contributed by atoms with Crippen LogP contribution in [0.15, 0.2) is 60.8 Å². The van der Waals surface area contributed by atoms with Gasteiger partial charge in [0.05, 0.1) is 11.4 Å². The summed E-state index contributed by atoms with van der Waals surface area (Å²) in [4.78, 5) is 21.4. The van der Waals surface area contributed by atoms with Gasteiger partial charge in [-0.15, -0.1) is 13.2 Å². The van der Waals surface area contributed by atoms with Crippen LogP contribution in [-0.2, 0) is 6.54 Å². The van der Waals surface area contributed by atoms with Crippen LogP contribution in [0, 0.1) is 19.7 Å². The normalized spacial score (nSPS) is 15.9. The molecule has 7 nitrogen and oxygen atoms in total. The smallest absolute Gasteiger partial charge is 0.406 e. The van der Waals surface area contributed by atoms with E-state index in [9.17, 15) is 18.0 Å². The van der Waals surface area contributed by atoms with Crippen LogP contribution in [-0.4, -0.2) is 47.3 Å². The quantitative estimate of drug-likeness (QED) is 0.313. The lowest BCUT2D eigenvalue weighted by Crippen LogP contribution is -2.52. The summed E-state index contributed by atoms with van der Waals surface area (Å²) in [5.41, 5.74) is 4.66. The third-order valence-corrected chi connectivity index (χ3v) is 7.01. The van der Waals surface area contributed by atoms with E-state index in [2.05, 4.69) is 19.9 Å². The van der Waals surface area contributed by atoms with Crippen LogP contribution in [0.3, 0.4) is 0 Å². The minimum Gasteiger partial charge on any atom is -0.406 e. The number of fused-ring (bicyclic) bond motifs is 1. The third-order valence-electron chi connectivity index (χ3n) is 7.01. The molecule has 210 valence electrons. The summed E-state index contributed by atoms with van der Waals surface area (Å²) in [6.45, 7) is 7.51. The van der Waals surface area contributed by atoms with Gasteiger partial charge in [-0.1, -0.05) is 6.07 Å². The minimum absolute atomic E-state index is 0.0148. The summed E-state index contributed by atoms with van der Waals surface area (Å²) < 4.78 is 58.2. The first kappa shape index (κ1) is 27.3. The van der Waals surface area contributed by atoms with Crippen LogP contribution in [0.2, 0.25) is 0 Å². The van der Waals surface area contributed by atoms with Gasteiger partial charge in [-0.2, -0.15) is 0 Å². The van der Waals surface area contributed by atoms with E-state index < -0.39 is 6.36 Å². The van der Waals surface area contributed by atoms with Crippen LogP contribution in [0.25, 0.3) is 5.65 Å². The highest BCUT2D eigenvalue weighted by Gasteiger charge is 2.31. The number of anilines is 2. The van der Waals surface area contributed by atoms with E-state index in [1.807, 2.05) is 37.1 Å². The molecule has 1 aliphatic rings. The Balaban J connectivity index is 1.21. The number of carbonyl (C=O) groups excluding carboxylic acids is 1. The van der Waals surface area contributed by atoms with Gasteiger partial charge in [0.25, 0.3) is 5.91 Å². The maximum absolute atomic E-state index is 15.2. The number of alkyl halides is 3. The molecule has 2 aromatic carbocycles. The first-order valence-electron chi connectivity index (χ1n) is 12.9. The zero-order valence-corrected chi connectivity index (χ0v) is 22.3. The van der Waals surface area contributed by atoms with Crippen LogP contribution >= 0.6 is 0 Å². The Morgan fingerprint density at radius 2 is 1.82 bits per heavy atom. The molecular weight excluding hydrogens is 526 g/mol. The number of piperazine rings is 1. The Kier molecular flexibility index (Phi) is 7.31. The van der Waals surface area contributed by atoms with Crippen molar-refractivity contribution in [2.75, 3.05) is 29.4 Å². The molecule has 0 unspecified atom stereocenters. The van der Waals surface area contributed by atoms with Crippen molar-refractivity contribution in [1.82, 2.24) is 14.7 Å². The van der Waals surface area contributed by atoms with E-state index >= 15 is 4.39 Å². The fourth-order valence-electron chi connectivity index (χ4n) is 5.12. The molecule has 40 heavy (non-hydrogen) atoms. The third kappa shape index (κ3) is 5.83. The van der Waals surface area contributed by atoms with E-state index in [0.29, 0.717) is 47.9 Å². The number of nitrogens with one attached hydrogen (secondary N) is 1. The fourth-order valence-corrected chi connectivity index (χ4v) is 5.12. The number of aromatic nitrogens is 2. The van der Waals surface area contributed by atoms with Crippen molar-refractivity contribution in [1.29, 1.82) is 0 Å². The van der Waals surface area contributed by atoms with E-state index in [4.69, 9.17) is 0 Å². The molecule has 11 heteroatoms. The van der Waals surface area contributed by atoms with Crippen molar-refractivity contribution < 1.29 is 27.1 Å². The molecule has 2 aromatic heterocycles. The van der Waals surface area contributed by atoms with Gasteiger partial charge in [0.1, 0.15) is 22.9 Å². The molecule has 4 aromatic rings. The van der Waals surface area contributed by atoms with Gasteiger partial charge in [-0.05, 0) is 80.4 Å². The average Bonchev–Trinajstić information content (AvgIpc) is 3.21. The number of ether oxygens (including phenoxy) is 1. The Morgan fingerprint density at radius 3 is 2.50 bits per heavy atom. The van der Waals surface area contributed by atoms with Crippen LogP contribution in [0.5, 0.6) is 5.75 Å². The second-order valence-electron chi connectivity index (χ2n) is 9.98. The Hall–Kier alpha value is -4.28. The first-order valence-corrected chi connectivity index (χ1v) is 12.9. The SMILES string of the molecule is Cc1ccn2c(C(=O)NCc3ccc(N4CCN(c5ccc(OC(F)(F)F)cc5)[C@H](C)C4)c(F)c3)c(C)nc2c1. The first-order chi connectivity index (χ1) is 19.0. The van der Waals surface area contributed by atoms with Crippen molar-refractivity contribution in [2.24, 2.45) is 0 Å². The maximum Gasteiger partial charge on any atom is 0.573 e. The Bertz CT molecular complexity index is 1530. The fraction of sp³-hybridized carbons (Fsp3) is 0.310. The zero-order chi connectivity index (χ0) is 28.6. The van der Waals surface area contributed by atoms with Crippen molar-refractivity contribution in [2.45, 2.75) is 39.7 Å². The Morgan fingerprint density at radius 1 is 1.07 bits per heavy atom. The molecule has 3 heterocycles. The van der Waals surface area contributed by atoms with Gasteiger partial charge in [0.2, 0.25) is 0 Å². The molecule has 0 bridgehead atoms. The number of carbonyl (C=O) groups is 1. The number of hydrogen-bond acceptors (Lipinski definition) is 5.